The van der Waals surface area contributed by atoms with Gasteiger partial charge >= 0.3 is 0 Å². The minimum Gasteiger partial charge on any atom is -0.378 e. The summed E-state index contributed by atoms with van der Waals surface area (Å²) in [5, 5.41) is 6.66. The lowest BCUT2D eigenvalue weighted by atomic mass is 10.0. The van der Waals surface area contributed by atoms with E-state index in [0.717, 1.165) is 51.6 Å². The summed E-state index contributed by atoms with van der Waals surface area (Å²) >= 11 is 0. The third-order valence-electron chi connectivity index (χ3n) is 5.20. The van der Waals surface area contributed by atoms with E-state index in [1.54, 1.807) is 0 Å². The van der Waals surface area contributed by atoms with Gasteiger partial charge in [-0.15, -0.1) is 0 Å². The van der Waals surface area contributed by atoms with Gasteiger partial charge in [0.15, 0.2) is 5.96 Å². The molecule has 162 valence electrons. The summed E-state index contributed by atoms with van der Waals surface area (Å²) in [5.74, 6) is 1.53. The van der Waals surface area contributed by atoms with E-state index in [-0.39, 0.29) is 12.0 Å². The van der Waals surface area contributed by atoms with E-state index in [1.165, 1.54) is 11.1 Å². The van der Waals surface area contributed by atoms with Crippen molar-refractivity contribution in [2.75, 3.05) is 26.2 Å². The largest absolute Gasteiger partial charge is 0.378 e. The first-order chi connectivity index (χ1) is 14.0. The average Bonchev–Trinajstić information content (AvgIpc) is 3.14. The van der Waals surface area contributed by atoms with E-state index in [4.69, 9.17) is 4.74 Å². The summed E-state index contributed by atoms with van der Waals surface area (Å²) in [6, 6.07) is 8.29. The maximum absolute atomic E-state index is 12.5. The molecule has 0 aliphatic carbocycles. The lowest BCUT2D eigenvalue weighted by Gasteiger charge is -2.21. The zero-order chi connectivity index (χ0) is 21.1. The zero-order valence-corrected chi connectivity index (χ0v) is 18.5. The second-order valence-electron chi connectivity index (χ2n) is 7.84. The van der Waals surface area contributed by atoms with Gasteiger partial charge in [0.1, 0.15) is 0 Å². The van der Waals surface area contributed by atoms with Crippen LogP contribution in [0, 0.1) is 5.92 Å². The number of amides is 1. The number of nitrogens with zero attached hydrogens (tertiary/aromatic N) is 2. The molecule has 1 aliphatic heterocycles. The zero-order valence-electron chi connectivity index (χ0n) is 18.5. The highest BCUT2D eigenvalue weighted by Crippen LogP contribution is 2.22. The molecule has 0 aromatic heterocycles. The number of hydrogen-bond donors (Lipinski definition) is 2. The molecule has 29 heavy (non-hydrogen) atoms. The topological polar surface area (TPSA) is 66.0 Å². The molecule has 6 nitrogen and oxygen atoms in total. The van der Waals surface area contributed by atoms with Crippen molar-refractivity contribution >= 4 is 11.9 Å². The van der Waals surface area contributed by atoms with Crippen molar-refractivity contribution in [3.8, 4) is 0 Å². The highest BCUT2D eigenvalue weighted by molar-refractivity contribution is 5.80. The maximum Gasteiger partial charge on any atom is 0.223 e. The van der Waals surface area contributed by atoms with Crippen molar-refractivity contribution in [2.45, 2.75) is 66.2 Å². The van der Waals surface area contributed by atoms with Crippen molar-refractivity contribution in [3.63, 3.8) is 0 Å². The molecule has 0 fully saturated rings. The van der Waals surface area contributed by atoms with Crippen LogP contribution in [0.15, 0.2) is 29.3 Å². The molecule has 1 amide bonds. The minimum absolute atomic E-state index is 0.214. The summed E-state index contributed by atoms with van der Waals surface area (Å²) in [4.78, 5) is 19.1. The van der Waals surface area contributed by atoms with Gasteiger partial charge in [-0.05, 0) is 43.7 Å². The third-order valence-corrected chi connectivity index (χ3v) is 5.20. The second-order valence-corrected chi connectivity index (χ2v) is 7.84. The fraction of sp³-hybridized carbons (Fsp3) is 0.652. The molecule has 0 bridgehead atoms. The maximum atomic E-state index is 12.5. The quantitative estimate of drug-likeness (QED) is 0.339. The highest BCUT2D eigenvalue weighted by atomic mass is 16.5. The van der Waals surface area contributed by atoms with Crippen molar-refractivity contribution in [3.05, 3.63) is 35.4 Å². The third kappa shape index (κ3) is 7.69. The monoisotopic (exact) mass is 402 g/mol. The molecule has 1 aromatic rings. The fourth-order valence-corrected chi connectivity index (χ4v) is 3.59. The Bertz CT molecular complexity index is 635. The van der Waals surface area contributed by atoms with Crippen LogP contribution in [0.3, 0.4) is 0 Å². The van der Waals surface area contributed by atoms with Gasteiger partial charge in [0.25, 0.3) is 0 Å². The van der Waals surface area contributed by atoms with Crippen LogP contribution < -0.4 is 10.6 Å². The summed E-state index contributed by atoms with van der Waals surface area (Å²) in [5.41, 5.74) is 2.54. The van der Waals surface area contributed by atoms with Gasteiger partial charge in [0.05, 0.1) is 6.10 Å². The van der Waals surface area contributed by atoms with Crippen LogP contribution in [0.2, 0.25) is 0 Å². The minimum atomic E-state index is 0.214. The van der Waals surface area contributed by atoms with Crippen LogP contribution in [-0.2, 0) is 22.6 Å². The van der Waals surface area contributed by atoms with E-state index < -0.39 is 0 Å². The summed E-state index contributed by atoms with van der Waals surface area (Å²) in [6.07, 6.45) is 2.51. The van der Waals surface area contributed by atoms with Crippen LogP contribution in [0.5, 0.6) is 0 Å². The Morgan fingerprint density at radius 3 is 2.45 bits per heavy atom. The lowest BCUT2D eigenvalue weighted by Crippen LogP contribution is -2.39. The molecule has 0 radical (unpaired) electrons. The normalized spacial score (nSPS) is 14.8. The van der Waals surface area contributed by atoms with Gasteiger partial charge in [0.2, 0.25) is 5.91 Å². The van der Waals surface area contributed by atoms with Crippen molar-refractivity contribution in [1.29, 1.82) is 0 Å². The smallest absolute Gasteiger partial charge is 0.223 e. The Kier molecular flexibility index (Phi) is 9.98. The molecular formula is C23H38N4O2. The summed E-state index contributed by atoms with van der Waals surface area (Å²) < 4.78 is 5.80. The van der Waals surface area contributed by atoms with Gasteiger partial charge < -0.3 is 20.3 Å². The second kappa shape index (κ2) is 12.5. The molecule has 6 heteroatoms. The van der Waals surface area contributed by atoms with Gasteiger partial charge in [-0.3, -0.25) is 9.79 Å². The predicted molar refractivity (Wildman–Crippen MR) is 119 cm³/mol. The molecule has 0 saturated heterocycles. The number of guanidine groups is 1. The average molecular weight is 403 g/mol. The van der Waals surface area contributed by atoms with Gasteiger partial charge in [-0.1, -0.05) is 38.1 Å². The number of fused-ring (bicyclic) bond motifs is 1. The number of nitrogens with one attached hydrogen (secondary N) is 2. The molecule has 1 aliphatic rings. The molecular weight excluding hydrogens is 364 g/mol. The Morgan fingerprint density at radius 2 is 1.86 bits per heavy atom. The number of benzene rings is 1. The lowest BCUT2D eigenvalue weighted by molar-refractivity contribution is -0.131. The molecule has 0 saturated carbocycles. The number of aliphatic imine (C=N–C) groups is 1. The first-order valence-corrected chi connectivity index (χ1v) is 11.0. The van der Waals surface area contributed by atoms with Crippen LogP contribution in [0.25, 0.3) is 0 Å². The fourth-order valence-electron chi connectivity index (χ4n) is 3.59. The number of carbonyl (C=O) groups is 1. The van der Waals surface area contributed by atoms with Gasteiger partial charge in [0, 0.05) is 45.8 Å². The first-order valence-electron chi connectivity index (χ1n) is 11.0. The Labute approximate surface area is 176 Å². The van der Waals surface area contributed by atoms with Crippen LogP contribution in [-0.4, -0.2) is 49.1 Å². The first kappa shape index (κ1) is 23.2. The molecule has 2 rings (SSSR count). The van der Waals surface area contributed by atoms with E-state index >= 15 is 0 Å². The number of ether oxygens (including phenoxy) is 1. The molecule has 1 unspecified atom stereocenters. The van der Waals surface area contributed by atoms with Crippen molar-refractivity contribution in [1.82, 2.24) is 15.5 Å². The Hall–Kier alpha value is -2.08. The molecule has 2 N–H and O–H groups in total. The molecule has 1 aromatic carbocycles. The van der Waals surface area contributed by atoms with Crippen molar-refractivity contribution < 1.29 is 9.53 Å². The molecule has 0 spiro atoms. The highest BCUT2D eigenvalue weighted by Gasteiger charge is 2.22. The van der Waals surface area contributed by atoms with E-state index in [1.807, 2.05) is 24.0 Å². The van der Waals surface area contributed by atoms with Gasteiger partial charge in [-0.2, -0.15) is 0 Å². The van der Waals surface area contributed by atoms with E-state index in [2.05, 4.69) is 48.5 Å². The van der Waals surface area contributed by atoms with Gasteiger partial charge in [-0.25, -0.2) is 0 Å². The number of rotatable bonds is 11. The number of carbonyl (C=O) groups excluding carboxylic acids is 1. The standard InChI is InChI=1S/C23H38N4O2/c1-5-24-23(26-15-13-21(18(3)4)29-6-2)25-14-9-12-22(28)27-16-19-10-7-8-11-20(19)17-27/h7-8,10-11,18,21H,5-6,9,12-17H2,1-4H3,(H2,24,25,26). The molecule has 1 heterocycles. The van der Waals surface area contributed by atoms with Crippen LogP contribution in [0.1, 0.15) is 58.1 Å². The summed E-state index contributed by atoms with van der Waals surface area (Å²) in [6.45, 7) is 13.0. The van der Waals surface area contributed by atoms with Crippen molar-refractivity contribution in [2.24, 2.45) is 10.9 Å². The Morgan fingerprint density at radius 1 is 1.17 bits per heavy atom. The molecule has 1 atom stereocenters. The van der Waals surface area contributed by atoms with Crippen LogP contribution in [0.4, 0.5) is 0 Å². The van der Waals surface area contributed by atoms with E-state index in [9.17, 15) is 4.79 Å². The van der Waals surface area contributed by atoms with Crippen LogP contribution >= 0.6 is 0 Å². The summed E-state index contributed by atoms with van der Waals surface area (Å²) in [7, 11) is 0. The number of hydrogen-bond acceptors (Lipinski definition) is 3. The SMILES string of the molecule is CCNC(=NCCCC(=O)N1Cc2ccccc2C1)NCCC(OCC)C(C)C. The Balaban J connectivity index is 1.71. The predicted octanol–water partition coefficient (Wildman–Crippen LogP) is 3.32. The van der Waals surface area contributed by atoms with E-state index in [0.29, 0.717) is 18.9 Å².